The molecule has 2 unspecified atom stereocenters. The van der Waals surface area contributed by atoms with Gasteiger partial charge in [-0.25, -0.2) is 0 Å². The van der Waals surface area contributed by atoms with Gasteiger partial charge in [-0.1, -0.05) is 26.8 Å². The number of nitrogens with two attached hydrogens (primary N) is 1. The zero-order valence-electron chi connectivity index (χ0n) is 21.0. The molecule has 2 fully saturated rings. The van der Waals surface area contributed by atoms with Crippen LogP contribution in [0.1, 0.15) is 61.5 Å². The van der Waals surface area contributed by atoms with Gasteiger partial charge in [0.15, 0.2) is 34.7 Å². The van der Waals surface area contributed by atoms with Crippen molar-refractivity contribution in [2.75, 3.05) is 6.61 Å². The molecular formula is C27H31NO9. The smallest absolute Gasteiger partial charge is 0.306 e. The van der Waals surface area contributed by atoms with E-state index in [1.54, 1.807) is 6.07 Å². The number of amides is 1. The molecule has 0 aromatic heterocycles. The van der Waals surface area contributed by atoms with Gasteiger partial charge in [0.05, 0.1) is 18.1 Å². The number of esters is 1. The number of aryl methyl sites for hydroxylation is 1. The molecule has 1 aromatic rings. The molecule has 3 aliphatic rings. The predicted molar refractivity (Wildman–Crippen MR) is 127 cm³/mol. The molecule has 0 saturated heterocycles. The third-order valence-electron chi connectivity index (χ3n) is 7.65. The number of rotatable bonds is 5. The number of hydrogen-bond acceptors (Lipinski definition) is 9. The molecule has 10 nitrogen and oxygen atoms in total. The molecule has 0 bridgehead atoms. The normalized spacial score (nSPS) is 29.3. The molecule has 10 heteroatoms. The van der Waals surface area contributed by atoms with Gasteiger partial charge in [-0.2, -0.15) is 0 Å². The highest BCUT2D eigenvalue weighted by atomic mass is 16.5. The number of carbonyl (C=O) groups is 6. The van der Waals surface area contributed by atoms with E-state index in [2.05, 4.69) is 0 Å². The molecule has 3 aliphatic carbocycles. The Bertz CT molecular complexity index is 1230. The Kier molecular flexibility index (Phi) is 6.60. The Morgan fingerprint density at radius 1 is 1.11 bits per heavy atom. The van der Waals surface area contributed by atoms with Crippen molar-refractivity contribution in [3.05, 3.63) is 28.8 Å². The summed E-state index contributed by atoms with van der Waals surface area (Å²) in [5.41, 5.74) is 3.38. The van der Waals surface area contributed by atoms with Crippen molar-refractivity contribution >= 4 is 35.0 Å². The first-order chi connectivity index (χ1) is 17.2. The van der Waals surface area contributed by atoms with Gasteiger partial charge in [0.25, 0.3) is 0 Å². The van der Waals surface area contributed by atoms with Gasteiger partial charge in [0.1, 0.15) is 5.75 Å². The van der Waals surface area contributed by atoms with Crippen LogP contribution in [-0.2, 0) is 41.6 Å². The number of phenols is 1. The van der Waals surface area contributed by atoms with Gasteiger partial charge in [-0.05, 0) is 47.8 Å². The highest BCUT2D eigenvalue weighted by Crippen LogP contribution is 2.50. The number of aromatic hydroxyl groups is 1. The standard InChI is InChI=1S/C27H31NO9/c1-26(2,3)11-37-18(31)7-5-12-4-6-16(29)20-15(12)9-13-8-14-10-17(30)21(25(28)35)24(34)27(14,36)23(33)19(13)22(20)32/h4,6,13-14,19,21,29,36H,5,7-11H2,1-3H3,(H2,28,35)/t13-,14+,19?,21?,27+/m1/s1. The third kappa shape index (κ3) is 4.47. The summed E-state index contributed by atoms with van der Waals surface area (Å²) in [6, 6.07) is 2.93. The lowest BCUT2D eigenvalue weighted by molar-refractivity contribution is -0.175. The summed E-state index contributed by atoms with van der Waals surface area (Å²) in [5, 5.41) is 21.7. The molecule has 0 radical (unpaired) electrons. The number of phenolic OH excluding ortho intramolecular Hbond substituents is 1. The average Bonchev–Trinajstić information content (AvgIpc) is 2.78. The van der Waals surface area contributed by atoms with Crippen LogP contribution in [0.5, 0.6) is 5.75 Å². The van der Waals surface area contributed by atoms with Crippen molar-refractivity contribution in [1.82, 2.24) is 0 Å². The van der Waals surface area contributed by atoms with E-state index in [1.165, 1.54) is 6.07 Å². The van der Waals surface area contributed by atoms with E-state index in [9.17, 15) is 39.0 Å². The molecule has 198 valence electrons. The van der Waals surface area contributed by atoms with Crippen LogP contribution < -0.4 is 5.73 Å². The van der Waals surface area contributed by atoms with Crippen LogP contribution in [0.2, 0.25) is 0 Å². The summed E-state index contributed by atoms with van der Waals surface area (Å²) in [6.07, 6.45) is 0.0951. The van der Waals surface area contributed by atoms with E-state index in [1.807, 2.05) is 20.8 Å². The van der Waals surface area contributed by atoms with Crippen molar-refractivity contribution in [3.63, 3.8) is 0 Å². The highest BCUT2D eigenvalue weighted by molar-refractivity contribution is 6.31. The van der Waals surface area contributed by atoms with Crippen LogP contribution in [0, 0.1) is 29.1 Å². The number of ether oxygens (including phenoxy) is 1. The fourth-order valence-corrected chi connectivity index (χ4v) is 5.87. The molecule has 0 aliphatic heterocycles. The van der Waals surface area contributed by atoms with Crippen LogP contribution in [0.4, 0.5) is 0 Å². The number of hydrogen-bond donors (Lipinski definition) is 3. The van der Waals surface area contributed by atoms with Crippen molar-refractivity contribution in [1.29, 1.82) is 0 Å². The lowest BCUT2D eigenvalue weighted by atomic mass is 9.53. The summed E-state index contributed by atoms with van der Waals surface area (Å²) < 4.78 is 5.31. The van der Waals surface area contributed by atoms with Crippen molar-refractivity contribution in [2.24, 2.45) is 34.8 Å². The zero-order valence-corrected chi connectivity index (χ0v) is 21.0. The van der Waals surface area contributed by atoms with Crippen LogP contribution in [0.25, 0.3) is 0 Å². The van der Waals surface area contributed by atoms with Crippen molar-refractivity contribution in [3.8, 4) is 5.75 Å². The number of ketones is 4. The Hall–Kier alpha value is -3.40. The molecule has 1 amide bonds. The second-order valence-corrected chi connectivity index (χ2v) is 11.6. The van der Waals surface area contributed by atoms with Gasteiger partial charge in [-0.3, -0.25) is 28.8 Å². The number of primary amides is 1. The lowest BCUT2D eigenvalue weighted by Gasteiger charge is -2.48. The number of benzene rings is 1. The Balaban J connectivity index is 1.63. The first-order valence-electron chi connectivity index (χ1n) is 12.3. The first-order valence-corrected chi connectivity index (χ1v) is 12.3. The van der Waals surface area contributed by atoms with E-state index in [-0.39, 0.29) is 49.0 Å². The number of carbonyl (C=O) groups excluding carboxylic acids is 6. The van der Waals surface area contributed by atoms with E-state index >= 15 is 0 Å². The topological polar surface area (TPSA) is 178 Å². The molecule has 4 N–H and O–H groups in total. The minimum Gasteiger partial charge on any atom is -0.507 e. The number of aliphatic hydroxyl groups is 1. The second-order valence-electron chi connectivity index (χ2n) is 11.6. The van der Waals surface area contributed by atoms with E-state index < -0.39 is 70.7 Å². The number of Topliss-reactive ketones (excluding diaryl/α,β-unsaturated/α-hetero) is 4. The van der Waals surface area contributed by atoms with Gasteiger partial charge >= 0.3 is 5.97 Å². The second kappa shape index (κ2) is 9.16. The van der Waals surface area contributed by atoms with E-state index in [0.29, 0.717) is 11.1 Å². The molecule has 5 atom stereocenters. The maximum Gasteiger partial charge on any atom is 0.306 e. The van der Waals surface area contributed by atoms with E-state index in [4.69, 9.17) is 10.5 Å². The Morgan fingerprint density at radius 2 is 1.78 bits per heavy atom. The summed E-state index contributed by atoms with van der Waals surface area (Å²) in [7, 11) is 0. The van der Waals surface area contributed by atoms with Gasteiger partial charge in [0, 0.05) is 18.8 Å². The van der Waals surface area contributed by atoms with Crippen LogP contribution >= 0.6 is 0 Å². The molecule has 4 rings (SSSR count). The largest absolute Gasteiger partial charge is 0.507 e. The lowest BCUT2D eigenvalue weighted by Crippen LogP contribution is -2.68. The minimum atomic E-state index is -2.67. The van der Waals surface area contributed by atoms with Crippen LogP contribution in [-0.4, -0.2) is 57.4 Å². The summed E-state index contributed by atoms with van der Waals surface area (Å²) in [4.78, 5) is 76.4. The Morgan fingerprint density at radius 3 is 2.41 bits per heavy atom. The zero-order chi connectivity index (χ0) is 27.4. The molecule has 0 spiro atoms. The monoisotopic (exact) mass is 513 g/mol. The van der Waals surface area contributed by atoms with Crippen LogP contribution in [0.15, 0.2) is 12.1 Å². The predicted octanol–water partition coefficient (Wildman–Crippen LogP) is 0.849. The fourth-order valence-electron chi connectivity index (χ4n) is 5.87. The molecule has 2 saturated carbocycles. The molecule has 37 heavy (non-hydrogen) atoms. The molecule has 0 heterocycles. The maximum absolute atomic E-state index is 13.5. The highest BCUT2D eigenvalue weighted by Gasteiger charge is 2.66. The van der Waals surface area contributed by atoms with Gasteiger partial charge in [0.2, 0.25) is 5.91 Å². The first kappa shape index (κ1) is 26.7. The van der Waals surface area contributed by atoms with Crippen molar-refractivity contribution in [2.45, 2.75) is 58.5 Å². The molecular weight excluding hydrogens is 482 g/mol. The van der Waals surface area contributed by atoms with Gasteiger partial charge < -0.3 is 20.7 Å². The summed E-state index contributed by atoms with van der Waals surface area (Å²) in [6.45, 7) is 6.06. The summed E-state index contributed by atoms with van der Waals surface area (Å²) in [5.74, 6) is -10.9. The third-order valence-corrected chi connectivity index (χ3v) is 7.65. The van der Waals surface area contributed by atoms with Crippen LogP contribution in [0.3, 0.4) is 0 Å². The van der Waals surface area contributed by atoms with Gasteiger partial charge in [-0.15, -0.1) is 0 Å². The Labute approximate surface area is 213 Å². The summed E-state index contributed by atoms with van der Waals surface area (Å²) >= 11 is 0. The minimum absolute atomic E-state index is 0.0176. The quantitative estimate of drug-likeness (QED) is 0.380. The maximum atomic E-state index is 13.5. The molecule has 1 aromatic carbocycles. The SMILES string of the molecule is CC(C)(C)COC(=O)CCc1ccc(O)c2c1C[C@H]1C[C@H]3CC(=O)C(C(N)=O)C(=O)[C@@]3(O)C(=O)C1C2=O. The van der Waals surface area contributed by atoms with Crippen molar-refractivity contribution < 1.29 is 43.7 Å². The fraction of sp³-hybridized carbons (Fsp3) is 0.556. The van der Waals surface area contributed by atoms with E-state index in [0.717, 1.165) is 0 Å². The number of fused-ring (bicyclic) bond motifs is 3. The average molecular weight is 514 g/mol.